The summed E-state index contributed by atoms with van der Waals surface area (Å²) in [5, 5.41) is 0. The van der Waals surface area contributed by atoms with Crippen LogP contribution in [0.15, 0.2) is 10.7 Å². The van der Waals surface area contributed by atoms with Gasteiger partial charge in [-0.05, 0) is 22.9 Å². The number of halogens is 2. The van der Waals surface area contributed by atoms with Crippen LogP contribution in [0, 0.1) is 12.8 Å². The van der Waals surface area contributed by atoms with E-state index in [-0.39, 0.29) is 30.5 Å². The van der Waals surface area contributed by atoms with Gasteiger partial charge in [-0.25, -0.2) is 18.4 Å². The molecule has 0 saturated carbocycles. The molecule has 1 amide bonds. The lowest BCUT2D eigenvalue weighted by molar-refractivity contribution is -0.117. The Bertz CT molecular complexity index is 622. The molecular formula is C10H11BrClN3O3S. The lowest BCUT2D eigenvalue weighted by Gasteiger charge is -2.14. The number of nitrogens with zero attached hydrogens (tertiary/aromatic N) is 3. The van der Waals surface area contributed by atoms with Crippen LogP contribution in [0.5, 0.6) is 0 Å². The van der Waals surface area contributed by atoms with Gasteiger partial charge in [0.05, 0.1) is 15.9 Å². The Labute approximate surface area is 123 Å². The fourth-order valence-electron chi connectivity index (χ4n) is 1.94. The highest BCUT2D eigenvalue weighted by Crippen LogP contribution is 2.25. The lowest BCUT2D eigenvalue weighted by atomic mass is 10.1. The van der Waals surface area contributed by atoms with Gasteiger partial charge < -0.3 is 0 Å². The molecule has 0 bridgehead atoms. The van der Waals surface area contributed by atoms with E-state index in [1.54, 1.807) is 13.1 Å². The largest absolute Gasteiger partial charge is 0.280 e. The minimum atomic E-state index is -3.61. The molecule has 0 spiro atoms. The van der Waals surface area contributed by atoms with E-state index in [2.05, 4.69) is 25.9 Å². The van der Waals surface area contributed by atoms with Gasteiger partial charge in [-0.15, -0.1) is 0 Å². The van der Waals surface area contributed by atoms with E-state index in [0.29, 0.717) is 11.6 Å². The Balaban J connectivity index is 2.18. The van der Waals surface area contributed by atoms with Crippen LogP contribution in [0.2, 0.25) is 0 Å². The number of hydrogen-bond acceptors (Lipinski definition) is 5. The summed E-state index contributed by atoms with van der Waals surface area (Å²) in [5.41, 5.74) is 0.714. The summed E-state index contributed by atoms with van der Waals surface area (Å²) < 4.78 is 22.8. The normalized spacial score (nSPS) is 20.1. The van der Waals surface area contributed by atoms with Crippen molar-refractivity contribution in [3.63, 3.8) is 0 Å². The summed E-state index contributed by atoms with van der Waals surface area (Å²) in [4.78, 5) is 21.5. The minimum Gasteiger partial charge on any atom is -0.280 e. The second kappa shape index (κ2) is 5.34. The molecule has 2 rings (SSSR count). The average molecular weight is 369 g/mol. The number of aryl methyl sites for hydroxylation is 1. The number of anilines is 1. The summed E-state index contributed by atoms with van der Waals surface area (Å²) in [6.07, 6.45) is 1.71. The zero-order valence-corrected chi connectivity index (χ0v) is 13.2. The summed E-state index contributed by atoms with van der Waals surface area (Å²) in [5.74, 6) is -0.429. The van der Waals surface area contributed by atoms with E-state index in [4.69, 9.17) is 10.7 Å². The predicted octanol–water partition coefficient (Wildman–Crippen LogP) is 1.47. The molecule has 1 aromatic heterocycles. The molecule has 0 radical (unpaired) electrons. The van der Waals surface area contributed by atoms with Crippen molar-refractivity contribution in [1.82, 2.24) is 9.97 Å². The maximum absolute atomic E-state index is 11.9. The van der Waals surface area contributed by atoms with E-state index in [1.807, 2.05) is 0 Å². The molecular weight excluding hydrogens is 358 g/mol. The average Bonchev–Trinajstić information content (AvgIpc) is 2.61. The van der Waals surface area contributed by atoms with Crippen molar-refractivity contribution in [1.29, 1.82) is 0 Å². The molecule has 1 aliphatic rings. The first-order valence-electron chi connectivity index (χ1n) is 5.48. The van der Waals surface area contributed by atoms with E-state index < -0.39 is 9.05 Å². The SMILES string of the molecule is Cc1nc(N2CC(CS(=O)(=O)Cl)CC2=O)ncc1Br. The highest BCUT2D eigenvalue weighted by molar-refractivity contribution is 9.10. The number of carbonyl (C=O) groups is 1. The Morgan fingerprint density at radius 3 is 2.84 bits per heavy atom. The molecule has 1 fully saturated rings. The number of carbonyl (C=O) groups excluding carboxylic acids is 1. The van der Waals surface area contributed by atoms with Crippen LogP contribution >= 0.6 is 26.6 Å². The quantitative estimate of drug-likeness (QED) is 0.755. The summed E-state index contributed by atoms with van der Waals surface area (Å²) in [6, 6.07) is 0. The molecule has 1 unspecified atom stereocenters. The summed E-state index contributed by atoms with van der Waals surface area (Å²) >= 11 is 3.28. The number of hydrogen-bond donors (Lipinski definition) is 0. The van der Waals surface area contributed by atoms with Crippen molar-refractivity contribution in [3.05, 3.63) is 16.4 Å². The van der Waals surface area contributed by atoms with Gasteiger partial charge in [-0.2, -0.15) is 0 Å². The van der Waals surface area contributed by atoms with Gasteiger partial charge in [0.2, 0.25) is 20.9 Å². The molecule has 0 aliphatic carbocycles. The van der Waals surface area contributed by atoms with E-state index in [1.165, 1.54) is 4.90 Å². The zero-order valence-electron chi connectivity index (χ0n) is 10.0. The summed E-state index contributed by atoms with van der Waals surface area (Å²) in [7, 11) is 1.60. The molecule has 2 heterocycles. The molecule has 1 aliphatic heterocycles. The van der Waals surface area contributed by atoms with Gasteiger partial charge in [-0.3, -0.25) is 9.69 Å². The topological polar surface area (TPSA) is 80.2 Å². The van der Waals surface area contributed by atoms with Crippen LogP contribution in [0.3, 0.4) is 0 Å². The van der Waals surface area contributed by atoms with Gasteiger partial charge in [0, 0.05) is 35.8 Å². The maximum Gasteiger partial charge on any atom is 0.232 e. The first kappa shape index (κ1) is 14.7. The number of rotatable bonds is 3. The van der Waals surface area contributed by atoms with Crippen LogP contribution < -0.4 is 4.90 Å². The van der Waals surface area contributed by atoms with Crippen LogP contribution in [-0.2, 0) is 13.8 Å². The molecule has 6 nitrogen and oxygen atoms in total. The Morgan fingerprint density at radius 2 is 2.26 bits per heavy atom. The molecule has 0 aromatic carbocycles. The fourth-order valence-corrected chi connectivity index (χ4v) is 3.45. The molecule has 1 atom stereocenters. The van der Waals surface area contributed by atoms with Crippen molar-refractivity contribution in [3.8, 4) is 0 Å². The van der Waals surface area contributed by atoms with Gasteiger partial charge in [0.1, 0.15) is 0 Å². The molecule has 9 heteroatoms. The van der Waals surface area contributed by atoms with Crippen molar-refractivity contribution in [2.75, 3.05) is 17.2 Å². The molecule has 0 N–H and O–H groups in total. The smallest absolute Gasteiger partial charge is 0.232 e. The van der Waals surface area contributed by atoms with Crippen molar-refractivity contribution >= 4 is 47.5 Å². The van der Waals surface area contributed by atoms with Crippen molar-refractivity contribution < 1.29 is 13.2 Å². The van der Waals surface area contributed by atoms with E-state index >= 15 is 0 Å². The number of amides is 1. The molecule has 104 valence electrons. The molecule has 1 aromatic rings. The minimum absolute atomic E-state index is 0.143. The second-order valence-corrected chi connectivity index (χ2v) is 8.06. The van der Waals surface area contributed by atoms with Gasteiger partial charge in [0.25, 0.3) is 0 Å². The number of aromatic nitrogens is 2. The third kappa shape index (κ3) is 3.64. The van der Waals surface area contributed by atoms with Crippen LogP contribution in [0.1, 0.15) is 12.1 Å². The van der Waals surface area contributed by atoms with E-state index in [9.17, 15) is 13.2 Å². The Kier molecular flexibility index (Phi) is 4.12. The van der Waals surface area contributed by atoms with Crippen molar-refractivity contribution in [2.45, 2.75) is 13.3 Å². The van der Waals surface area contributed by atoms with Gasteiger partial charge >= 0.3 is 0 Å². The highest BCUT2D eigenvalue weighted by Gasteiger charge is 2.34. The monoisotopic (exact) mass is 367 g/mol. The zero-order chi connectivity index (χ0) is 14.2. The predicted molar refractivity (Wildman–Crippen MR) is 74.6 cm³/mol. The van der Waals surface area contributed by atoms with Gasteiger partial charge in [-0.1, -0.05) is 0 Å². The lowest BCUT2D eigenvalue weighted by Crippen LogP contribution is -2.27. The third-order valence-corrected chi connectivity index (χ3v) is 4.81. The fraction of sp³-hybridized carbons (Fsp3) is 0.500. The molecule has 1 saturated heterocycles. The summed E-state index contributed by atoms with van der Waals surface area (Å²) in [6.45, 7) is 2.06. The van der Waals surface area contributed by atoms with Crippen molar-refractivity contribution in [2.24, 2.45) is 5.92 Å². The Hall–Kier alpha value is -0.730. The Morgan fingerprint density at radius 1 is 1.58 bits per heavy atom. The molecule has 19 heavy (non-hydrogen) atoms. The van der Waals surface area contributed by atoms with E-state index in [0.717, 1.165) is 4.47 Å². The standard InChI is InChI=1S/C10H11BrClN3O3S/c1-6-8(11)3-13-10(14-6)15-4-7(2-9(15)16)5-19(12,17)18/h3,7H,2,4-5H2,1H3. The van der Waals surface area contributed by atoms with Crippen LogP contribution in [0.4, 0.5) is 5.95 Å². The first-order chi connectivity index (χ1) is 8.76. The third-order valence-electron chi connectivity index (χ3n) is 2.79. The maximum atomic E-state index is 11.9. The highest BCUT2D eigenvalue weighted by atomic mass is 79.9. The van der Waals surface area contributed by atoms with Crippen LogP contribution in [-0.4, -0.2) is 36.6 Å². The first-order valence-corrected chi connectivity index (χ1v) is 8.75. The van der Waals surface area contributed by atoms with Crippen LogP contribution in [0.25, 0.3) is 0 Å². The van der Waals surface area contributed by atoms with Gasteiger partial charge in [0.15, 0.2) is 0 Å². The second-order valence-electron chi connectivity index (χ2n) is 4.38.